The van der Waals surface area contributed by atoms with Crippen LogP contribution in [0.1, 0.15) is 57.6 Å². The van der Waals surface area contributed by atoms with E-state index in [0.29, 0.717) is 12.0 Å². The number of carbonyl (C=O) groups excluding carboxylic acids is 1. The van der Waals surface area contributed by atoms with Crippen molar-refractivity contribution in [1.82, 2.24) is 5.32 Å². The van der Waals surface area contributed by atoms with Crippen molar-refractivity contribution < 1.29 is 4.79 Å². The van der Waals surface area contributed by atoms with Crippen LogP contribution in [0.5, 0.6) is 0 Å². The molecule has 1 aromatic carbocycles. The number of hydrogen-bond donors (Lipinski definition) is 1. The lowest BCUT2D eigenvalue weighted by Gasteiger charge is -2.36. The van der Waals surface area contributed by atoms with E-state index in [0.717, 1.165) is 18.8 Å². The summed E-state index contributed by atoms with van der Waals surface area (Å²) >= 11 is 0. The fourth-order valence-corrected chi connectivity index (χ4v) is 3.26. The molecule has 0 aliphatic heterocycles. The predicted molar refractivity (Wildman–Crippen MR) is 87.9 cm³/mol. The van der Waals surface area contributed by atoms with Crippen LogP contribution in [0.4, 0.5) is 0 Å². The van der Waals surface area contributed by atoms with Crippen LogP contribution >= 0.6 is 0 Å². The second-order valence-electron chi connectivity index (χ2n) is 7.62. The Morgan fingerprint density at radius 2 is 1.67 bits per heavy atom. The van der Waals surface area contributed by atoms with Crippen LogP contribution < -0.4 is 5.32 Å². The number of amides is 1. The second-order valence-corrected chi connectivity index (χ2v) is 7.62. The molecule has 2 heteroatoms. The van der Waals surface area contributed by atoms with E-state index in [2.05, 4.69) is 57.3 Å². The second kappa shape index (κ2) is 6.64. The summed E-state index contributed by atoms with van der Waals surface area (Å²) in [6, 6.07) is 8.37. The molecule has 1 N–H and O–H groups in total. The third-order valence-electron chi connectivity index (χ3n) is 4.91. The van der Waals surface area contributed by atoms with Crippen molar-refractivity contribution in [3.05, 3.63) is 35.4 Å². The van der Waals surface area contributed by atoms with Crippen molar-refractivity contribution in [2.45, 2.75) is 59.9 Å². The van der Waals surface area contributed by atoms with E-state index < -0.39 is 0 Å². The van der Waals surface area contributed by atoms with Gasteiger partial charge in [0, 0.05) is 12.5 Å². The Morgan fingerprint density at radius 3 is 2.19 bits per heavy atom. The van der Waals surface area contributed by atoms with Crippen molar-refractivity contribution >= 4 is 5.91 Å². The number of aryl methyl sites for hydroxylation is 1. The van der Waals surface area contributed by atoms with Gasteiger partial charge in [0.1, 0.15) is 0 Å². The number of rotatable bonds is 3. The first-order valence-electron chi connectivity index (χ1n) is 8.19. The van der Waals surface area contributed by atoms with Gasteiger partial charge in [-0.05, 0) is 49.5 Å². The van der Waals surface area contributed by atoms with Crippen LogP contribution in [-0.4, -0.2) is 5.91 Å². The van der Waals surface area contributed by atoms with Crippen molar-refractivity contribution in [3.8, 4) is 0 Å². The molecule has 1 fully saturated rings. The van der Waals surface area contributed by atoms with Gasteiger partial charge in [-0.25, -0.2) is 0 Å². The molecule has 1 aliphatic carbocycles. The van der Waals surface area contributed by atoms with E-state index in [4.69, 9.17) is 0 Å². The molecule has 0 unspecified atom stereocenters. The molecule has 0 heterocycles. The van der Waals surface area contributed by atoms with Gasteiger partial charge in [0.2, 0.25) is 5.91 Å². The van der Waals surface area contributed by atoms with E-state index in [1.54, 1.807) is 0 Å². The lowest BCUT2D eigenvalue weighted by atomic mass is 9.69. The van der Waals surface area contributed by atoms with Crippen LogP contribution in [0.25, 0.3) is 0 Å². The van der Waals surface area contributed by atoms with Crippen LogP contribution in [0.2, 0.25) is 0 Å². The molecule has 0 atom stereocenters. The predicted octanol–water partition coefficient (Wildman–Crippen LogP) is 4.46. The van der Waals surface area contributed by atoms with Crippen LogP contribution in [-0.2, 0) is 11.3 Å². The molecular weight excluding hydrogens is 258 g/mol. The largest absolute Gasteiger partial charge is 0.352 e. The molecule has 2 nitrogen and oxygen atoms in total. The average Bonchev–Trinajstić information content (AvgIpc) is 2.45. The first kappa shape index (κ1) is 16.1. The molecule has 1 aromatic rings. The molecule has 0 aromatic heterocycles. The Bertz CT molecular complexity index is 461. The van der Waals surface area contributed by atoms with E-state index in [9.17, 15) is 4.79 Å². The first-order valence-corrected chi connectivity index (χ1v) is 8.19. The lowest BCUT2D eigenvalue weighted by Crippen LogP contribution is -2.35. The Morgan fingerprint density at radius 1 is 1.10 bits per heavy atom. The highest BCUT2D eigenvalue weighted by molar-refractivity contribution is 5.78. The van der Waals surface area contributed by atoms with Gasteiger partial charge in [-0.1, -0.05) is 50.6 Å². The van der Waals surface area contributed by atoms with Crippen LogP contribution in [0.3, 0.4) is 0 Å². The first-order chi connectivity index (χ1) is 9.86. The summed E-state index contributed by atoms with van der Waals surface area (Å²) < 4.78 is 0. The van der Waals surface area contributed by atoms with Gasteiger partial charge in [0.05, 0.1) is 0 Å². The molecule has 0 saturated heterocycles. The van der Waals surface area contributed by atoms with Gasteiger partial charge >= 0.3 is 0 Å². The number of benzene rings is 1. The van der Waals surface area contributed by atoms with Gasteiger partial charge < -0.3 is 5.32 Å². The maximum Gasteiger partial charge on any atom is 0.223 e. The van der Waals surface area contributed by atoms with E-state index in [1.165, 1.54) is 24.0 Å². The normalized spacial score (nSPS) is 22.9. The summed E-state index contributed by atoms with van der Waals surface area (Å²) in [5.74, 6) is 1.22. The molecule has 2 rings (SSSR count). The van der Waals surface area contributed by atoms with Gasteiger partial charge in [0.25, 0.3) is 0 Å². The smallest absolute Gasteiger partial charge is 0.223 e. The number of carbonyl (C=O) groups is 1. The summed E-state index contributed by atoms with van der Waals surface area (Å²) in [5.41, 5.74) is 2.81. The van der Waals surface area contributed by atoms with Gasteiger partial charge in [-0.2, -0.15) is 0 Å². The minimum absolute atomic E-state index is 0.217. The van der Waals surface area contributed by atoms with Crippen molar-refractivity contribution in [2.75, 3.05) is 0 Å². The van der Waals surface area contributed by atoms with Crippen molar-refractivity contribution in [2.24, 2.45) is 17.3 Å². The molecule has 1 aliphatic rings. The van der Waals surface area contributed by atoms with Crippen LogP contribution in [0.15, 0.2) is 24.3 Å². The maximum atomic E-state index is 12.3. The van der Waals surface area contributed by atoms with Crippen molar-refractivity contribution in [3.63, 3.8) is 0 Å². The third kappa shape index (κ3) is 4.59. The summed E-state index contributed by atoms with van der Waals surface area (Å²) in [6.07, 6.45) is 4.46. The third-order valence-corrected chi connectivity index (χ3v) is 4.91. The Labute approximate surface area is 129 Å². The standard InChI is InChI=1S/C19H29NO/c1-14-5-7-15(8-6-14)13-20-18(21)16-9-11-17(12-10-16)19(2,3)4/h5-8,16-17H,9-13H2,1-4H3,(H,20,21). The highest BCUT2D eigenvalue weighted by Crippen LogP contribution is 2.39. The fourth-order valence-electron chi connectivity index (χ4n) is 3.26. The quantitative estimate of drug-likeness (QED) is 0.873. The molecule has 0 bridgehead atoms. The summed E-state index contributed by atoms with van der Waals surface area (Å²) in [4.78, 5) is 12.3. The highest BCUT2D eigenvalue weighted by atomic mass is 16.1. The van der Waals surface area contributed by atoms with Gasteiger partial charge in [-0.15, -0.1) is 0 Å². The highest BCUT2D eigenvalue weighted by Gasteiger charge is 2.32. The molecule has 116 valence electrons. The molecule has 1 saturated carbocycles. The molecule has 21 heavy (non-hydrogen) atoms. The average molecular weight is 287 g/mol. The van der Waals surface area contributed by atoms with E-state index >= 15 is 0 Å². The Kier molecular flexibility index (Phi) is 5.08. The number of nitrogens with one attached hydrogen (secondary N) is 1. The SMILES string of the molecule is Cc1ccc(CNC(=O)C2CCC(C(C)(C)C)CC2)cc1. The maximum absolute atomic E-state index is 12.3. The van der Waals surface area contributed by atoms with E-state index in [-0.39, 0.29) is 11.8 Å². The zero-order chi connectivity index (χ0) is 15.5. The van der Waals surface area contributed by atoms with Crippen LogP contribution in [0, 0.1) is 24.2 Å². The summed E-state index contributed by atoms with van der Waals surface area (Å²) in [6.45, 7) is 9.68. The minimum Gasteiger partial charge on any atom is -0.352 e. The van der Waals surface area contributed by atoms with Crippen molar-refractivity contribution in [1.29, 1.82) is 0 Å². The summed E-state index contributed by atoms with van der Waals surface area (Å²) in [7, 11) is 0. The Hall–Kier alpha value is -1.31. The van der Waals surface area contributed by atoms with Gasteiger partial charge in [0.15, 0.2) is 0 Å². The topological polar surface area (TPSA) is 29.1 Å². The fraction of sp³-hybridized carbons (Fsp3) is 0.632. The molecule has 1 amide bonds. The molecule has 0 spiro atoms. The molecule has 0 radical (unpaired) electrons. The lowest BCUT2D eigenvalue weighted by molar-refractivity contribution is -0.126. The Balaban J connectivity index is 1.78. The monoisotopic (exact) mass is 287 g/mol. The number of hydrogen-bond acceptors (Lipinski definition) is 1. The van der Waals surface area contributed by atoms with Gasteiger partial charge in [-0.3, -0.25) is 4.79 Å². The summed E-state index contributed by atoms with van der Waals surface area (Å²) in [5, 5.41) is 3.10. The molecular formula is C19H29NO. The zero-order valence-electron chi connectivity index (χ0n) is 13.9. The zero-order valence-corrected chi connectivity index (χ0v) is 13.9. The minimum atomic E-state index is 0.217. The van der Waals surface area contributed by atoms with E-state index in [1.807, 2.05) is 0 Å².